The van der Waals surface area contributed by atoms with Gasteiger partial charge in [-0.2, -0.15) is 0 Å². The Kier molecular flexibility index (Phi) is 4.71. The number of aliphatic carboxylic acids is 1. The van der Waals surface area contributed by atoms with E-state index in [4.69, 9.17) is 4.74 Å². The number of hydrogen-bond acceptors (Lipinski definition) is 6. The summed E-state index contributed by atoms with van der Waals surface area (Å²) in [4.78, 5) is 23.5. The average molecular weight is 295 g/mol. The molecule has 0 bridgehead atoms. The Hall–Kier alpha value is -2.19. The number of benzene rings is 1. The maximum atomic E-state index is 11.2. The lowest BCUT2D eigenvalue weighted by Gasteiger charge is -2.33. The van der Waals surface area contributed by atoms with Crippen molar-refractivity contribution in [2.75, 3.05) is 26.7 Å². The smallest absolute Gasteiger partial charge is 0.322 e. The second kappa shape index (κ2) is 6.51. The average Bonchev–Trinajstić information content (AvgIpc) is 2.47. The van der Waals surface area contributed by atoms with E-state index in [2.05, 4.69) is 5.32 Å². The molecule has 0 amide bonds. The summed E-state index contributed by atoms with van der Waals surface area (Å²) in [6.45, 7) is 1.95. The molecule has 1 saturated heterocycles. The van der Waals surface area contributed by atoms with E-state index in [1.54, 1.807) is 11.0 Å². The zero-order chi connectivity index (χ0) is 15.4. The highest BCUT2D eigenvalue weighted by Gasteiger charge is 2.28. The van der Waals surface area contributed by atoms with Crippen LogP contribution >= 0.6 is 0 Å². The van der Waals surface area contributed by atoms with E-state index in [0.29, 0.717) is 37.5 Å². The fourth-order valence-electron chi connectivity index (χ4n) is 2.37. The lowest BCUT2D eigenvalue weighted by atomic mass is 10.1. The molecule has 1 fully saturated rings. The minimum atomic E-state index is -0.903. The van der Waals surface area contributed by atoms with Crippen molar-refractivity contribution in [1.29, 1.82) is 0 Å². The summed E-state index contributed by atoms with van der Waals surface area (Å²) in [6.07, 6.45) is 0. The van der Waals surface area contributed by atoms with Crippen molar-refractivity contribution < 1.29 is 19.6 Å². The monoisotopic (exact) mass is 295 g/mol. The summed E-state index contributed by atoms with van der Waals surface area (Å²) in [5.74, 6) is -0.513. The highest BCUT2D eigenvalue weighted by molar-refractivity contribution is 5.74. The third-order valence-corrected chi connectivity index (χ3v) is 3.42. The van der Waals surface area contributed by atoms with Crippen LogP contribution in [0.3, 0.4) is 0 Å². The quantitative estimate of drug-likeness (QED) is 0.600. The molecular formula is C13H17N3O5. The molecule has 0 aromatic heterocycles. The van der Waals surface area contributed by atoms with Gasteiger partial charge in [0, 0.05) is 32.2 Å². The van der Waals surface area contributed by atoms with Crippen LogP contribution in [-0.2, 0) is 11.3 Å². The Bertz CT molecular complexity index is 549. The zero-order valence-corrected chi connectivity index (χ0v) is 11.6. The summed E-state index contributed by atoms with van der Waals surface area (Å²) in [6, 6.07) is 3.84. The first-order valence-electron chi connectivity index (χ1n) is 6.51. The molecule has 21 heavy (non-hydrogen) atoms. The second-order valence-electron chi connectivity index (χ2n) is 4.83. The van der Waals surface area contributed by atoms with Gasteiger partial charge in [0.05, 0.1) is 18.1 Å². The molecule has 1 aromatic rings. The van der Waals surface area contributed by atoms with Crippen molar-refractivity contribution in [3.05, 3.63) is 33.9 Å². The van der Waals surface area contributed by atoms with Crippen molar-refractivity contribution in [3.8, 4) is 5.75 Å². The number of carboxylic acid groups (broad SMARTS) is 1. The lowest BCUT2D eigenvalue weighted by molar-refractivity contribution is -0.385. The molecule has 8 nitrogen and oxygen atoms in total. The van der Waals surface area contributed by atoms with Crippen LogP contribution in [0.5, 0.6) is 5.75 Å². The number of methoxy groups -OCH3 is 1. The number of nitro benzene ring substituents is 1. The number of nitro groups is 1. The molecule has 1 aromatic carbocycles. The van der Waals surface area contributed by atoms with E-state index in [0.717, 1.165) is 0 Å². The molecule has 1 aliphatic rings. The van der Waals surface area contributed by atoms with Gasteiger partial charge in [-0.15, -0.1) is 0 Å². The lowest BCUT2D eigenvalue weighted by Crippen LogP contribution is -2.54. The number of rotatable bonds is 5. The minimum absolute atomic E-state index is 0.0636. The van der Waals surface area contributed by atoms with E-state index < -0.39 is 16.9 Å². The zero-order valence-electron chi connectivity index (χ0n) is 11.6. The van der Waals surface area contributed by atoms with Crippen molar-refractivity contribution in [2.45, 2.75) is 12.6 Å². The number of piperazine rings is 1. The molecule has 1 unspecified atom stereocenters. The summed E-state index contributed by atoms with van der Waals surface area (Å²) >= 11 is 0. The van der Waals surface area contributed by atoms with E-state index >= 15 is 0 Å². The van der Waals surface area contributed by atoms with Gasteiger partial charge >= 0.3 is 5.97 Å². The van der Waals surface area contributed by atoms with Crippen LogP contribution in [0.15, 0.2) is 18.2 Å². The van der Waals surface area contributed by atoms with Gasteiger partial charge in [0.2, 0.25) is 0 Å². The molecule has 0 spiro atoms. The van der Waals surface area contributed by atoms with Crippen LogP contribution in [0.1, 0.15) is 5.56 Å². The van der Waals surface area contributed by atoms with Crippen molar-refractivity contribution >= 4 is 11.7 Å². The number of nitrogens with zero attached hydrogens (tertiary/aromatic N) is 2. The van der Waals surface area contributed by atoms with E-state index in [1.165, 1.54) is 19.2 Å². The van der Waals surface area contributed by atoms with E-state index in [1.807, 2.05) is 0 Å². The number of hydrogen-bond donors (Lipinski definition) is 2. The van der Waals surface area contributed by atoms with Gasteiger partial charge in [-0.05, 0) is 11.6 Å². The Morgan fingerprint density at radius 3 is 2.95 bits per heavy atom. The first kappa shape index (κ1) is 15.2. The second-order valence-corrected chi connectivity index (χ2v) is 4.83. The van der Waals surface area contributed by atoms with E-state index in [9.17, 15) is 20.0 Å². The Balaban J connectivity index is 2.22. The maximum Gasteiger partial charge on any atom is 0.322 e. The van der Waals surface area contributed by atoms with Gasteiger partial charge in [0.15, 0.2) is 0 Å². The van der Waals surface area contributed by atoms with Gasteiger partial charge in [-0.1, -0.05) is 0 Å². The highest BCUT2D eigenvalue weighted by atomic mass is 16.6. The van der Waals surface area contributed by atoms with Crippen molar-refractivity contribution in [3.63, 3.8) is 0 Å². The number of carbonyl (C=O) groups is 1. The van der Waals surface area contributed by atoms with Crippen LogP contribution in [0.25, 0.3) is 0 Å². The molecular weight excluding hydrogens is 278 g/mol. The summed E-state index contributed by atoms with van der Waals surface area (Å²) < 4.78 is 5.06. The normalized spacial score (nSPS) is 19.2. The number of nitrogens with one attached hydrogen (secondary N) is 1. The Morgan fingerprint density at radius 2 is 2.33 bits per heavy atom. The van der Waals surface area contributed by atoms with Gasteiger partial charge in [0.25, 0.3) is 5.69 Å². The van der Waals surface area contributed by atoms with Crippen LogP contribution in [0.4, 0.5) is 5.69 Å². The van der Waals surface area contributed by atoms with Crippen molar-refractivity contribution in [1.82, 2.24) is 10.2 Å². The number of ether oxygens (including phenoxy) is 1. The Morgan fingerprint density at radius 1 is 1.57 bits per heavy atom. The summed E-state index contributed by atoms with van der Waals surface area (Å²) in [5.41, 5.74) is 0.598. The maximum absolute atomic E-state index is 11.2. The third kappa shape index (κ3) is 3.67. The first-order chi connectivity index (χ1) is 10.0. The first-order valence-corrected chi connectivity index (χ1v) is 6.51. The fraction of sp³-hybridized carbons (Fsp3) is 0.462. The van der Waals surface area contributed by atoms with Gasteiger partial charge < -0.3 is 15.2 Å². The summed E-state index contributed by atoms with van der Waals surface area (Å²) in [7, 11) is 1.44. The molecule has 1 aliphatic heterocycles. The minimum Gasteiger partial charge on any atom is -0.496 e. The van der Waals surface area contributed by atoms with Gasteiger partial charge in [-0.3, -0.25) is 19.8 Å². The molecule has 1 atom stereocenters. The van der Waals surface area contributed by atoms with Crippen LogP contribution in [0.2, 0.25) is 0 Å². The van der Waals surface area contributed by atoms with Crippen LogP contribution < -0.4 is 10.1 Å². The number of non-ortho nitro benzene ring substituents is 1. The fourth-order valence-corrected chi connectivity index (χ4v) is 2.37. The molecule has 0 aliphatic carbocycles. The largest absolute Gasteiger partial charge is 0.496 e. The van der Waals surface area contributed by atoms with E-state index in [-0.39, 0.29) is 5.69 Å². The molecule has 2 N–H and O–H groups in total. The molecule has 114 valence electrons. The molecule has 1 heterocycles. The molecule has 2 rings (SSSR count). The van der Waals surface area contributed by atoms with Crippen LogP contribution in [0, 0.1) is 10.1 Å². The molecule has 0 saturated carbocycles. The Labute approximate surface area is 121 Å². The standard InChI is InChI=1S/C13H17N3O5/c1-21-11-5-9(4-10(6-11)16(19)20)8-15-3-2-14-7-12(15)13(17)18/h4-6,12,14H,2-3,7-8H2,1H3,(H,17,18). The van der Waals surface area contributed by atoms with Crippen molar-refractivity contribution in [2.24, 2.45) is 0 Å². The number of carboxylic acids is 1. The predicted molar refractivity (Wildman–Crippen MR) is 74.4 cm³/mol. The predicted octanol–water partition coefficient (Wildman–Crippen LogP) is 0.462. The highest BCUT2D eigenvalue weighted by Crippen LogP contribution is 2.24. The molecule has 0 radical (unpaired) electrons. The van der Waals surface area contributed by atoms with Gasteiger partial charge in [0.1, 0.15) is 11.8 Å². The summed E-state index contributed by atoms with van der Waals surface area (Å²) in [5, 5.41) is 23.2. The topological polar surface area (TPSA) is 105 Å². The third-order valence-electron chi connectivity index (χ3n) is 3.42. The van der Waals surface area contributed by atoms with Crippen LogP contribution in [-0.4, -0.2) is 53.7 Å². The SMILES string of the molecule is COc1cc(CN2CCNCC2C(=O)O)cc([N+](=O)[O-])c1. The molecule has 8 heteroatoms. The van der Waals surface area contributed by atoms with Gasteiger partial charge in [-0.25, -0.2) is 0 Å².